The van der Waals surface area contributed by atoms with Crippen molar-refractivity contribution in [3.05, 3.63) is 65.2 Å². The molecule has 0 radical (unpaired) electrons. The van der Waals surface area contributed by atoms with Crippen LogP contribution in [0.15, 0.2) is 48.5 Å². The van der Waals surface area contributed by atoms with Crippen molar-refractivity contribution in [1.82, 2.24) is 9.80 Å². The first-order valence-electron chi connectivity index (χ1n) is 9.96. The van der Waals surface area contributed by atoms with E-state index in [1.54, 1.807) is 35.2 Å². The molecule has 3 amide bonds. The minimum Gasteiger partial charge on any atom is -0.330 e. The molecule has 2 aliphatic rings. The molecule has 0 bridgehead atoms. The van der Waals surface area contributed by atoms with Crippen LogP contribution >= 0.6 is 0 Å². The number of alkyl halides is 3. The lowest BCUT2D eigenvalue weighted by Gasteiger charge is -2.35. The van der Waals surface area contributed by atoms with E-state index in [0.717, 1.165) is 21.9 Å². The van der Waals surface area contributed by atoms with Crippen LogP contribution in [0.4, 0.5) is 18.9 Å². The van der Waals surface area contributed by atoms with Gasteiger partial charge in [0.25, 0.3) is 11.8 Å². The standard InChI is InChI=1S/C22H20F3N3O3/c1-14(28-20(30)17-7-2-3-8-18(17)21(28)31)19(29)27-11-9-26(10-12-27)16-6-4-5-15(13-16)22(23,24)25/h2-8,13-14H,9-12H2,1H3/p+1. The van der Waals surface area contributed by atoms with E-state index >= 15 is 0 Å². The Morgan fingerprint density at radius 1 is 0.968 bits per heavy atom. The van der Waals surface area contributed by atoms with Gasteiger partial charge in [-0.2, -0.15) is 13.2 Å². The number of hydrogen-bond donors (Lipinski definition) is 1. The van der Waals surface area contributed by atoms with Crippen molar-refractivity contribution in [2.24, 2.45) is 0 Å². The van der Waals surface area contributed by atoms with Crippen molar-refractivity contribution in [2.75, 3.05) is 26.2 Å². The fourth-order valence-corrected chi connectivity index (χ4v) is 4.14. The number of rotatable bonds is 3. The SMILES string of the molecule is CC(C(=O)N1CC[NH+](c2cccc(C(F)(F)F)c2)CC1)N1C(=O)c2ccccc2C1=O. The molecule has 1 atom stereocenters. The molecule has 1 unspecified atom stereocenters. The highest BCUT2D eigenvalue weighted by molar-refractivity contribution is 6.22. The summed E-state index contributed by atoms with van der Waals surface area (Å²) in [7, 11) is 0. The van der Waals surface area contributed by atoms with Gasteiger partial charge in [0.05, 0.1) is 42.9 Å². The van der Waals surface area contributed by atoms with E-state index in [-0.39, 0.29) is 17.0 Å². The number of imide groups is 1. The van der Waals surface area contributed by atoms with Crippen molar-refractivity contribution in [3.8, 4) is 0 Å². The lowest BCUT2D eigenvalue weighted by Crippen LogP contribution is -3.10. The van der Waals surface area contributed by atoms with Crippen LogP contribution in [0.3, 0.4) is 0 Å². The summed E-state index contributed by atoms with van der Waals surface area (Å²) in [6.07, 6.45) is -4.41. The molecule has 9 heteroatoms. The monoisotopic (exact) mass is 432 g/mol. The average Bonchev–Trinajstić information content (AvgIpc) is 3.03. The first kappa shape index (κ1) is 21.0. The zero-order chi connectivity index (χ0) is 22.3. The van der Waals surface area contributed by atoms with Gasteiger partial charge >= 0.3 is 6.18 Å². The summed E-state index contributed by atoms with van der Waals surface area (Å²) in [4.78, 5) is 41.6. The van der Waals surface area contributed by atoms with E-state index in [1.807, 2.05) is 0 Å². The first-order chi connectivity index (χ1) is 14.7. The van der Waals surface area contributed by atoms with Crippen LogP contribution < -0.4 is 4.90 Å². The number of nitrogens with one attached hydrogen (secondary N) is 1. The Kier molecular flexibility index (Phi) is 5.30. The highest BCUT2D eigenvalue weighted by atomic mass is 19.4. The number of carbonyl (C=O) groups excluding carboxylic acids is 3. The minimum absolute atomic E-state index is 0.283. The molecule has 0 spiro atoms. The Balaban J connectivity index is 1.42. The summed E-state index contributed by atoms with van der Waals surface area (Å²) in [5.74, 6) is -1.33. The van der Waals surface area contributed by atoms with Crippen molar-refractivity contribution >= 4 is 23.4 Å². The number of nitrogens with zero attached hydrogens (tertiary/aromatic N) is 2. The summed E-state index contributed by atoms with van der Waals surface area (Å²) in [5, 5.41) is 0. The van der Waals surface area contributed by atoms with Crippen LogP contribution in [0.2, 0.25) is 0 Å². The van der Waals surface area contributed by atoms with Gasteiger partial charge in [-0.1, -0.05) is 18.2 Å². The molecule has 2 aliphatic heterocycles. The fourth-order valence-electron chi connectivity index (χ4n) is 4.14. The molecular formula is C22H21F3N3O3+. The van der Waals surface area contributed by atoms with Gasteiger partial charge in [0.15, 0.2) is 0 Å². The molecule has 0 aliphatic carbocycles. The second kappa shape index (κ2) is 7.81. The molecule has 2 aromatic rings. The quantitative estimate of drug-likeness (QED) is 0.752. The number of benzene rings is 2. The van der Waals surface area contributed by atoms with E-state index in [9.17, 15) is 27.6 Å². The van der Waals surface area contributed by atoms with E-state index in [1.165, 1.54) is 13.0 Å². The number of hydrogen-bond acceptors (Lipinski definition) is 3. The zero-order valence-electron chi connectivity index (χ0n) is 16.8. The largest absolute Gasteiger partial charge is 0.416 e. The molecular weight excluding hydrogens is 411 g/mol. The molecule has 0 aromatic heterocycles. The van der Waals surface area contributed by atoms with Gasteiger partial charge in [0, 0.05) is 6.07 Å². The van der Waals surface area contributed by atoms with E-state index in [4.69, 9.17) is 0 Å². The van der Waals surface area contributed by atoms with Crippen LogP contribution in [0.5, 0.6) is 0 Å². The highest BCUT2D eigenvalue weighted by Crippen LogP contribution is 2.30. The zero-order valence-corrected chi connectivity index (χ0v) is 16.8. The van der Waals surface area contributed by atoms with Crippen molar-refractivity contribution in [1.29, 1.82) is 0 Å². The molecule has 162 valence electrons. The fraction of sp³-hybridized carbons (Fsp3) is 0.318. The molecule has 6 nitrogen and oxygen atoms in total. The number of amides is 3. The van der Waals surface area contributed by atoms with E-state index in [2.05, 4.69) is 0 Å². The maximum atomic E-state index is 13.0. The number of piperazine rings is 1. The molecule has 2 heterocycles. The summed E-state index contributed by atoms with van der Waals surface area (Å²) >= 11 is 0. The summed E-state index contributed by atoms with van der Waals surface area (Å²) < 4.78 is 38.9. The predicted octanol–water partition coefficient (Wildman–Crippen LogP) is 1.75. The van der Waals surface area contributed by atoms with E-state index in [0.29, 0.717) is 31.9 Å². The van der Waals surface area contributed by atoms with Crippen molar-refractivity contribution in [3.63, 3.8) is 0 Å². The second-order valence-corrected chi connectivity index (χ2v) is 7.71. The Bertz CT molecular complexity index is 1010. The maximum Gasteiger partial charge on any atom is 0.416 e. The van der Waals surface area contributed by atoms with Crippen molar-refractivity contribution < 1.29 is 32.5 Å². The Morgan fingerprint density at radius 3 is 2.10 bits per heavy atom. The Morgan fingerprint density at radius 2 is 1.55 bits per heavy atom. The molecule has 1 N–H and O–H groups in total. The molecule has 1 fully saturated rings. The van der Waals surface area contributed by atoms with Gasteiger partial charge in [-0.15, -0.1) is 0 Å². The van der Waals surface area contributed by atoms with Crippen LogP contribution in [-0.2, 0) is 11.0 Å². The highest BCUT2D eigenvalue weighted by Gasteiger charge is 2.42. The average molecular weight is 432 g/mol. The Labute approximate surface area is 176 Å². The minimum atomic E-state index is -4.41. The van der Waals surface area contributed by atoms with Crippen LogP contribution in [-0.4, -0.2) is 59.7 Å². The number of quaternary nitrogens is 1. The number of carbonyl (C=O) groups is 3. The third-order valence-electron chi connectivity index (χ3n) is 5.85. The van der Waals surface area contributed by atoms with E-state index < -0.39 is 29.6 Å². The predicted molar refractivity (Wildman–Crippen MR) is 105 cm³/mol. The van der Waals surface area contributed by atoms with Gasteiger partial charge in [0.2, 0.25) is 5.91 Å². The van der Waals surface area contributed by atoms with Gasteiger partial charge in [0.1, 0.15) is 11.7 Å². The maximum absolute atomic E-state index is 13.0. The smallest absolute Gasteiger partial charge is 0.330 e. The summed E-state index contributed by atoms with van der Waals surface area (Å²) in [6.45, 7) is 3.02. The third-order valence-corrected chi connectivity index (χ3v) is 5.85. The van der Waals surface area contributed by atoms with Gasteiger partial charge in [-0.05, 0) is 31.2 Å². The number of halogens is 3. The molecule has 31 heavy (non-hydrogen) atoms. The normalized spacial score (nSPS) is 18.3. The molecule has 0 saturated carbocycles. The number of fused-ring (bicyclic) bond motifs is 1. The molecule has 1 saturated heterocycles. The van der Waals surface area contributed by atoms with Crippen LogP contribution in [0, 0.1) is 0 Å². The van der Waals surface area contributed by atoms with Gasteiger partial charge in [-0.25, -0.2) is 0 Å². The lowest BCUT2D eigenvalue weighted by atomic mass is 10.1. The Hall–Kier alpha value is -3.20. The van der Waals surface area contributed by atoms with Crippen LogP contribution in [0.25, 0.3) is 0 Å². The van der Waals surface area contributed by atoms with Gasteiger partial charge in [-0.3, -0.25) is 24.2 Å². The topological polar surface area (TPSA) is 62.1 Å². The third kappa shape index (κ3) is 3.81. The van der Waals surface area contributed by atoms with Crippen molar-refractivity contribution in [2.45, 2.75) is 19.1 Å². The molecule has 2 aromatic carbocycles. The summed E-state index contributed by atoms with van der Waals surface area (Å²) in [5.41, 5.74) is 0.391. The lowest BCUT2D eigenvalue weighted by molar-refractivity contribution is -0.837. The summed E-state index contributed by atoms with van der Waals surface area (Å²) in [6, 6.07) is 10.7. The molecule has 4 rings (SSSR count). The first-order valence-corrected chi connectivity index (χ1v) is 9.96. The van der Waals surface area contributed by atoms with Gasteiger partial charge < -0.3 is 4.90 Å². The second-order valence-electron chi connectivity index (χ2n) is 7.71. The van der Waals surface area contributed by atoms with Crippen LogP contribution in [0.1, 0.15) is 33.2 Å².